The van der Waals surface area contributed by atoms with Crippen molar-refractivity contribution in [3.63, 3.8) is 0 Å². The SMILES string of the molecule is CC(CCc1cccc(C(F)(F)F)c1)Nc1ncnc(N)n1. The van der Waals surface area contributed by atoms with Crippen LogP contribution >= 0.6 is 0 Å². The molecule has 1 aromatic heterocycles. The first-order valence-electron chi connectivity index (χ1n) is 6.72. The van der Waals surface area contributed by atoms with Crippen molar-refractivity contribution in [1.29, 1.82) is 0 Å². The molecule has 2 rings (SSSR count). The first-order valence-corrected chi connectivity index (χ1v) is 6.72. The number of aromatic nitrogens is 3. The summed E-state index contributed by atoms with van der Waals surface area (Å²) >= 11 is 0. The maximum atomic E-state index is 12.6. The molecule has 0 bridgehead atoms. The second-order valence-electron chi connectivity index (χ2n) is 4.95. The van der Waals surface area contributed by atoms with Crippen LogP contribution < -0.4 is 11.1 Å². The van der Waals surface area contributed by atoms with Crippen LogP contribution in [0.15, 0.2) is 30.6 Å². The summed E-state index contributed by atoms with van der Waals surface area (Å²) in [5.41, 5.74) is 5.46. The van der Waals surface area contributed by atoms with E-state index < -0.39 is 11.7 Å². The van der Waals surface area contributed by atoms with Gasteiger partial charge in [-0.15, -0.1) is 0 Å². The van der Waals surface area contributed by atoms with Gasteiger partial charge in [-0.25, -0.2) is 9.97 Å². The van der Waals surface area contributed by atoms with Crippen molar-refractivity contribution in [3.05, 3.63) is 41.7 Å². The number of nitrogens with two attached hydrogens (primary N) is 1. The van der Waals surface area contributed by atoms with Gasteiger partial charge in [0.25, 0.3) is 0 Å². The molecule has 8 heteroatoms. The third-order valence-corrected chi connectivity index (χ3v) is 3.09. The molecule has 1 unspecified atom stereocenters. The summed E-state index contributed by atoms with van der Waals surface area (Å²) in [6.07, 6.45) is -1.88. The highest BCUT2D eigenvalue weighted by Gasteiger charge is 2.30. The van der Waals surface area contributed by atoms with E-state index in [2.05, 4.69) is 20.3 Å². The smallest absolute Gasteiger partial charge is 0.368 e. The minimum atomic E-state index is -4.32. The average molecular weight is 311 g/mol. The monoisotopic (exact) mass is 311 g/mol. The highest BCUT2D eigenvalue weighted by molar-refractivity contribution is 5.30. The van der Waals surface area contributed by atoms with Gasteiger partial charge in [-0.3, -0.25) is 0 Å². The van der Waals surface area contributed by atoms with Crippen LogP contribution in [-0.4, -0.2) is 21.0 Å². The Balaban J connectivity index is 1.92. The average Bonchev–Trinajstić information content (AvgIpc) is 2.45. The molecule has 1 heterocycles. The lowest BCUT2D eigenvalue weighted by Crippen LogP contribution is -2.18. The van der Waals surface area contributed by atoms with E-state index in [1.165, 1.54) is 18.5 Å². The van der Waals surface area contributed by atoms with Gasteiger partial charge in [-0.1, -0.05) is 18.2 Å². The van der Waals surface area contributed by atoms with Crippen molar-refractivity contribution in [2.45, 2.75) is 32.0 Å². The molecule has 0 aliphatic rings. The Labute approximate surface area is 125 Å². The summed E-state index contributed by atoms with van der Waals surface area (Å²) in [7, 11) is 0. The van der Waals surface area contributed by atoms with E-state index >= 15 is 0 Å². The highest BCUT2D eigenvalue weighted by atomic mass is 19.4. The van der Waals surface area contributed by atoms with Crippen LogP contribution in [0.5, 0.6) is 0 Å². The molecule has 0 aliphatic heterocycles. The molecule has 0 spiro atoms. The number of nitrogens with one attached hydrogen (secondary N) is 1. The van der Waals surface area contributed by atoms with E-state index in [4.69, 9.17) is 5.73 Å². The molecule has 2 aromatic rings. The van der Waals surface area contributed by atoms with E-state index in [0.717, 1.165) is 6.07 Å². The fourth-order valence-electron chi connectivity index (χ4n) is 1.96. The molecule has 118 valence electrons. The van der Waals surface area contributed by atoms with Crippen LogP contribution in [0.3, 0.4) is 0 Å². The summed E-state index contributed by atoms with van der Waals surface area (Å²) in [6, 6.07) is 5.33. The molecule has 3 N–H and O–H groups in total. The molecule has 1 aromatic carbocycles. The predicted molar refractivity (Wildman–Crippen MR) is 77.1 cm³/mol. The quantitative estimate of drug-likeness (QED) is 0.888. The number of hydrogen-bond acceptors (Lipinski definition) is 5. The highest BCUT2D eigenvalue weighted by Crippen LogP contribution is 2.29. The normalized spacial score (nSPS) is 12.9. The Morgan fingerprint density at radius 3 is 2.73 bits per heavy atom. The second-order valence-corrected chi connectivity index (χ2v) is 4.95. The number of nitrogens with zero attached hydrogens (tertiary/aromatic N) is 3. The molecule has 0 amide bonds. The lowest BCUT2D eigenvalue weighted by Gasteiger charge is -2.14. The summed E-state index contributed by atoms with van der Waals surface area (Å²) in [6.45, 7) is 1.90. The van der Waals surface area contributed by atoms with Crippen molar-refractivity contribution in [3.8, 4) is 0 Å². The van der Waals surface area contributed by atoms with Gasteiger partial charge in [0.2, 0.25) is 11.9 Å². The Kier molecular flexibility index (Phi) is 4.79. The van der Waals surface area contributed by atoms with Crippen LogP contribution in [0.1, 0.15) is 24.5 Å². The maximum Gasteiger partial charge on any atom is 0.416 e. The minimum absolute atomic E-state index is 0.0173. The molecule has 0 aliphatic carbocycles. The zero-order chi connectivity index (χ0) is 16.2. The van der Waals surface area contributed by atoms with E-state index in [0.29, 0.717) is 24.4 Å². The van der Waals surface area contributed by atoms with Crippen LogP contribution in [-0.2, 0) is 12.6 Å². The number of alkyl halides is 3. The first kappa shape index (κ1) is 16.0. The van der Waals surface area contributed by atoms with E-state index in [1.54, 1.807) is 6.07 Å². The van der Waals surface area contributed by atoms with Gasteiger partial charge in [0.15, 0.2) is 0 Å². The fraction of sp³-hybridized carbons (Fsp3) is 0.357. The van der Waals surface area contributed by atoms with E-state index in [1.807, 2.05) is 6.92 Å². The molecule has 5 nitrogen and oxygen atoms in total. The Morgan fingerprint density at radius 1 is 1.27 bits per heavy atom. The zero-order valence-electron chi connectivity index (χ0n) is 11.9. The zero-order valence-corrected chi connectivity index (χ0v) is 11.9. The number of benzene rings is 1. The topological polar surface area (TPSA) is 76.7 Å². The van der Waals surface area contributed by atoms with Gasteiger partial charge in [0.05, 0.1) is 5.56 Å². The molecule has 22 heavy (non-hydrogen) atoms. The van der Waals surface area contributed by atoms with Crippen LogP contribution in [0, 0.1) is 0 Å². The van der Waals surface area contributed by atoms with Gasteiger partial charge in [0, 0.05) is 6.04 Å². The van der Waals surface area contributed by atoms with Crippen molar-refractivity contribution in [1.82, 2.24) is 15.0 Å². The number of nitrogen functional groups attached to an aromatic ring is 1. The number of hydrogen-bond donors (Lipinski definition) is 2. The number of rotatable bonds is 5. The lowest BCUT2D eigenvalue weighted by atomic mass is 10.0. The van der Waals surface area contributed by atoms with Crippen LogP contribution in [0.25, 0.3) is 0 Å². The van der Waals surface area contributed by atoms with Crippen LogP contribution in [0.4, 0.5) is 25.1 Å². The molecule has 0 saturated carbocycles. The number of aryl methyl sites for hydroxylation is 1. The maximum absolute atomic E-state index is 12.6. The van der Waals surface area contributed by atoms with Gasteiger partial charge in [0.1, 0.15) is 6.33 Å². The molecule has 0 saturated heterocycles. The van der Waals surface area contributed by atoms with Gasteiger partial charge >= 0.3 is 6.18 Å². The summed E-state index contributed by atoms with van der Waals surface area (Å²) in [5, 5.41) is 3.03. The largest absolute Gasteiger partial charge is 0.416 e. The summed E-state index contributed by atoms with van der Waals surface area (Å²) in [5.74, 6) is 0.464. The van der Waals surface area contributed by atoms with Gasteiger partial charge in [-0.05, 0) is 31.4 Å². The standard InChI is InChI=1S/C14H16F3N5/c1-9(21-13-20-8-19-12(18)22-13)5-6-10-3-2-4-11(7-10)14(15,16)17/h2-4,7-9H,5-6H2,1H3,(H3,18,19,20,21,22). The van der Waals surface area contributed by atoms with Gasteiger partial charge < -0.3 is 11.1 Å². The van der Waals surface area contributed by atoms with Crippen LogP contribution in [0.2, 0.25) is 0 Å². The Hall–Kier alpha value is -2.38. The third kappa shape index (κ3) is 4.57. The van der Waals surface area contributed by atoms with Gasteiger partial charge in [-0.2, -0.15) is 18.2 Å². The molecule has 1 atom stereocenters. The van der Waals surface area contributed by atoms with Crippen molar-refractivity contribution >= 4 is 11.9 Å². The van der Waals surface area contributed by atoms with E-state index in [-0.39, 0.29) is 12.0 Å². The predicted octanol–water partition coefficient (Wildman–Crippen LogP) is 2.91. The molecular formula is C14H16F3N5. The first-order chi connectivity index (χ1) is 10.3. The second kappa shape index (κ2) is 6.59. The fourth-order valence-corrected chi connectivity index (χ4v) is 1.96. The van der Waals surface area contributed by atoms with Crippen molar-refractivity contribution in [2.75, 3.05) is 11.1 Å². The van der Waals surface area contributed by atoms with Crippen molar-refractivity contribution < 1.29 is 13.2 Å². The number of halogens is 3. The lowest BCUT2D eigenvalue weighted by molar-refractivity contribution is -0.137. The number of anilines is 2. The third-order valence-electron chi connectivity index (χ3n) is 3.09. The molecule has 0 radical (unpaired) electrons. The Morgan fingerprint density at radius 2 is 2.05 bits per heavy atom. The summed E-state index contributed by atoms with van der Waals surface area (Å²) < 4.78 is 37.9. The van der Waals surface area contributed by atoms with E-state index in [9.17, 15) is 13.2 Å². The Bertz CT molecular complexity index is 630. The minimum Gasteiger partial charge on any atom is -0.368 e. The summed E-state index contributed by atoms with van der Waals surface area (Å²) in [4.78, 5) is 11.5. The molecule has 0 fully saturated rings. The molecular weight excluding hydrogens is 295 g/mol. The van der Waals surface area contributed by atoms with Crippen molar-refractivity contribution in [2.24, 2.45) is 0 Å².